The van der Waals surface area contributed by atoms with E-state index in [1.165, 1.54) is 6.92 Å². The average molecular weight is 227 g/mol. The van der Waals surface area contributed by atoms with Crippen molar-refractivity contribution in [2.24, 2.45) is 0 Å². The number of hydrogen-bond acceptors (Lipinski definition) is 2. The van der Waals surface area contributed by atoms with Gasteiger partial charge in [0.05, 0.1) is 12.0 Å². The number of Topliss-reactive ketones (excluding diaryl/α,β-unsaturated/α-hetero) is 1. The lowest BCUT2D eigenvalue weighted by Crippen LogP contribution is -2.04. The van der Waals surface area contributed by atoms with E-state index < -0.39 is 23.4 Å². The van der Waals surface area contributed by atoms with Crippen LogP contribution in [0.2, 0.25) is 0 Å². The van der Waals surface area contributed by atoms with E-state index in [9.17, 15) is 18.0 Å². The highest BCUT2D eigenvalue weighted by Gasteiger charge is 2.18. The number of ketones is 1. The molecule has 1 aromatic carbocycles. The predicted octanol–water partition coefficient (Wildman–Crippen LogP) is 2.69. The molecule has 1 atom stereocenters. The highest BCUT2D eigenvalue weighted by Crippen LogP contribution is 2.23. The summed E-state index contributed by atoms with van der Waals surface area (Å²) in [4.78, 5) is 10.8. The van der Waals surface area contributed by atoms with Crippen LogP contribution in [0.15, 0.2) is 12.1 Å². The Morgan fingerprint density at radius 3 is 2.25 bits per heavy atom. The minimum atomic E-state index is -1.58. The molecule has 0 aliphatic heterocycles. The quantitative estimate of drug-likeness (QED) is 0.745. The molecule has 2 nitrogen and oxygen atoms in total. The van der Waals surface area contributed by atoms with Gasteiger partial charge in [0.1, 0.15) is 5.78 Å². The highest BCUT2D eigenvalue weighted by atomic mass is 19.2. The van der Waals surface area contributed by atoms with E-state index in [2.05, 4.69) is 0 Å². The third-order valence-electron chi connectivity index (χ3n) is 2.06. The number of benzene rings is 1. The van der Waals surface area contributed by atoms with Crippen LogP contribution in [0.3, 0.4) is 0 Å². The molecule has 0 aliphatic rings. The summed E-state index contributed by atoms with van der Waals surface area (Å²) >= 11 is 0. The Bertz CT molecular complexity index is 442. The standard InChI is InChI=1S/C11H8F3NO/c1-6(16)2-8(5-15)7-3-9(12)11(14)10(13)4-7/h3-4,8H,2H2,1H3. The zero-order chi connectivity index (χ0) is 12.3. The molecular weight excluding hydrogens is 219 g/mol. The molecular formula is C11H8F3NO. The van der Waals surface area contributed by atoms with Gasteiger partial charge in [0, 0.05) is 6.42 Å². The summed E-state index contributed by atoms with van der Waals surface area (Å²) in [5, 5.41) is 8.74. The van der Waals surface area contributed by atoms with Crippen molar-refractivity contribution in [3.8, 4) is 6.07 Å². The number of hydrogen-bond donors (Lipinski definition) is 0. The zero-order valence-electron chi connectivity index (χ0n) is 8.43. The second-order valence-electron chi connectivity index (χ2n) is 3.39. The molecule has 1 aromatic rings. The first-order valence-corrected chi connectivity index (χ1v) is 4.49. The second-order valence-corrected chi connectivity index (χ2v) is 3.39. The largest absolute Gasteiger partial charge is 0.300 e. The van der Waals surface area contributed by atoms with Gasteiger partial charge in [-0.2, -0.15) is 5.26 Å². The van der Waals surface area contributed by atoms with Crippen molar-refractivity contribution < 1.29 is 18.0 Å². The van der Waals surface area contributed by atoms with Crippen LogP contribution in [0.4, 0.5) is 13.2 Å². The first-order chi connectivity index (χ1) is 7.45. The Hall–Kier alpha value is -1.83. The van der Waals surface area contributed by atoms with Crippen LogP contribution in [0.1, 0.15) is 24.8 Å². The Labute approximate surface area is 90.3 Å². The molecule has 16 heavy (non-hydrogen) atoms. The normalized spacial score (nSPS) is 11.9. The van der Waals surface area contributed by atoms with Gasteiger partial charge in [0.15, 0.2) is 17.5 Å². The van der Waals surface area contributed by atoms with Gasteiger partial charge in [-0.25, -0.2) is 13.2 Å². The lowest BCUT2D eigenvalue weighted by Gasteiger charge is -2.08. The van der Waals surface area contributed by atoms with Crippen LogP contribution in [-0.2, 0) is 4.79 Å². The fraction of sp³-hybridized carbons (Fsp3) is 0.273. The zero-order valence-corrected chi connectivity index (χ0v) is 8.43. The number of halogens is 3. The van der Waals surface area contributed by atoms with E-state index in [0.29, 0.717) is 0 Å². The summed E-state index contributed by atoms with van der Waals surface area (Å²) in [7, 11) is 0. The Kier molecular flexibility index (Phi) is 3.67. The minimum Gasteiger partial charge on any atom is -0.300 e. The van der Waals surface area contributed by atoms with Gasteiger partial charge in [0.25, 0.3) is 0 Å². The lowest BCUT2D eigenvalue weighted by molar-refractivity contribution is -0.117. The summed E-state index contributed by atoms with van der Waals surface area (Å²) in [5.74, 6) is -5.54. The predicted molar refractivity (Wildman–Crippen MR) is 50.0 cm³/mol. The molecule has 0 fully saturated rings. The van der Waals surface area contributed by atoms with E-state index in [4.69, 9.17) is 5.26 Å². The highest BCUT2D eigenvalue weighted by molar-refractivity contribution is 5.76. The van der Waals surface area contributed by atoms with Crippen molar-refractivity contribution in [3.05, 3.63) is 35.1 Å². The van der Waals surface area contributed by atoms with Crippen LogP contribution in [0.5, 0.6) is 0 Å². The number of rotatable bonds is 3. The summed E-state index contributed by atoms with van der Waals surface area (Å²) in [6, 6.07) is 3.21. The molecule has 0 radical (unpaired) electrons. The van der Waals surface area contributed by atoms with Gasteiger partial charge in [-0.15, -0.1) is 0 Å². The van der Waals surface area contributed by atoms with E-state index >= 15 is 0 Å². The maximum Gasteiger partial charge on any atom is 0.194 e. The molecule has 1 rings (SSSR count). The number of carbonyl (C=O) groups is 1. The summed E-state index contributed by atoms with van der Waals surface area (Å²) in [6.07, 6.45) is -0.152. The Morgan fingerprint density at radius 2 is 1.88 bits per heavy atom. The second kappa shape index (κ2) is 4.79. The van der Waals surface area contributed by atoms with Gasteiger partial charge < -0.3 is 0 Å². The maximum absolute atomic E-state index is 12.9. The summed E-state index contributed by atoms with van der Waals surface area (Å²) < 4.78 is 38.4. The molecule has 0 spiro atoms. The molecule has 0 amide bonds. The van der Waals surface area contributed by atoms with Crippen molar-refractivity contribution in [2.75, 3.05) is 0 Å². The van der Waals surface area contributed by atoms with Crippen molar-refractivity contribution >= 4 is 5.78 Å². The van der Waals surface area contributed by atoms with Crippen LogP contribution >= 0.6 is 0 Å². The first kappa shape index (κ1) is 12.2. The van der Waals surface area contributed by atoms with Crippen LogP contribution in [0, 0.1) is 28.8 Å². The van der Waals surface area contributed by atoms with E-state index in [-0.39, 0.29) is 17.8 Å². The fourth-order valence-corrected chi connectivity index (χ4v) is 1.30. The van der Waals surface area contributed by atoms with Gasteiger partial charge in [-0.3, -0.25) is 4.79 Å². The molecule has 0 aromatic heterocycles. The third-order valence-corrected chi connectivity index (χ3v) is 2.06. The molecule has 0 heterocycles. The Balaban J connectivity index is 3.12. The molecule has 5 heteroatoms. The minimum absolute atomic E-state index is 0.0332. The van der Waals surface area contributed by atoms with Crippen LogP contribution < -0.4 is 0 Å². The number of carbonyl (C=O) groups excluding carboxylic acids is 1. The number of nitriles is 1. The van der Waals surface area contributed by atoms with E-state index in [0.717, 1.165) is 12.1 Å². The van der Waals surface area contributed by atoms with E-state index in [1.54, 1.807) is 6.07 Å². The topological polar surface area (TPSA) is 40.9 Å². The van der Waals surface area contributed by atoms with Crippen LogP contribution in [-0.4, -0.2) is 5.78 Å². The molecule has 0 N–H and O–H groups in total. The molecule has 84 valence electrons. The third kappa shape index (κ3) is 2.60. The molecule has 0 aliphatic carbocycles. The molecule has 1 unspecified atom stereocenters. The first-order valence-electron chi connectivity index (χ1n) is 4.49. The lowest BCUT2D eigenvalue weighted by atomic mass is 9.95. The SMILES string of the molecule is CC(=O)CC(C#N)c1cc(F)c(F)c(F)c1. The molecule has 0 bridgehead atoms. The molecule has 0 saturated carbocycles. The van der Waals surface area contributed by atoms with Crippen LogP contribution in [0.25, 0.3) is 0 Å². The van der Waals surface area contributed by atoms with Crippen molar-refractivity contribution in [1.29, 1.82) is 5.26 Å². The van der Waals surface area contributed by atoms with Gasteiger partial charge in [-0.05, 0) is 24.6 Å². The van der Waals surface area contributed by atoms with Gasteiger partial charge in [0.2, 0.25) is 0 Å². The summed E-state index contributed by atoms with van der Waals surface area (Å²) in [5.41, 5.74) is -0.0332. The average Bonchev–Trinajstić information content (AvgIpc) is 2.21. The maximum atomic E-state index is 12.9. The van der Waals surface area contributed by atoms with E-state index in [1.807, 2.05) is 0 Å². The van der Waals surface area contributed by atoms with Crippen molar-refractivity contribution in [3.63, 3.8) is 0 Å². The van der Waals surface area contributed by atoms with Crippen molar-refractivity contribution in [1.82, 2.24) is 0 Å². The number of nitrogens with zero attached hydrogens (tertiary/aromatic N) is 1. The van der Waals surface area contributed by atoms with Gasteiger partial charge in [-0.1, -0.05) is 0 Å². The Morgan fingerprint density at radius 1 is 1.38 bits per heavy atom. The van der Waals surface area contributed by atoms with Crippen molar-refractivity contribution in [2.45, 2.75) is 19.3 Å². The molecule has 0 saturated heterocycles. The monoisotopic (exact) mass is 227 g/mol. The fourth-order valence-electron chi connectivity index (χ4n) is 1.30. The smallest absolute Gasteiger partial charge is 0.194 e. The summed E-state index contributed by atoms with van der Waals surface area (Å²) in [6.45, 7) is 1.26. The van der Waals surface area contributed by atoms with Gasteiger partial charge >= 0.3 is 0 Å².